The summed E-state index contributed by atoms with van der Waals surface area (Å²) in [6, 6.07) is 4.08. The fourth-order valence-corrected chi connectivity index (χ4v) is 1.28. The molecule has 0 fully saturated rings. The molecule has 0 saturated heterocycles. The number of nitriles is 2. The van der Waals surface area contributed by atoms with Crippen molar-refractivity contribution in [3.05, 3.63) is 17.0 Å². The lowest BCUT2D eigenvalue weighted by atomic mass is 10.3. The van der Waals surface area contributed by atoms with Crippen molar-refractivity contribution in [3.63, 3.8) is 0 Å². The number of halogens is 4. The number of aromatic nitrogens is 2. The van der Waals surface area contributed by atoms with Crippen LogP contribution in [0.3, 0.4) is 0 Å². The Bertz CT molecular complexity index is 500. The maximum absolute atomic E-state index is 12.5. The predicted molar refractivity (Wildman–Crippen MR) is 55.5 cm³/mol. The Morgan fingerprint density at radius 2 is 1.78 bits per heavy atom. The van der Waals surface area contributed by atoms with Crippen LogP contribution >= 0.6 is 11.6 Å². The van der Waals surface area contributed by atoms with Crippen molar-refractivity contribution in [2.75, 3.05) is 18.0 Å². The summed E-state index contributed by atoms with van der Waals surface area (Å²) in [5.74, 6) is -0.217. The second-order valence-corrected chi connectivity index (χ2v) is 3.39. The molecule has 0 spiro atoms. The summed E-state index contributed by atoms with van der Waals surface area (Å²) >= 11 is 5.39. The minimum atomic E-state index is -4.67. The molecular formula is C9H5ClF3N5. The quantitative estimate of drug-likeness (QED) is 0.623. The van der Waals surface area contributed by atoms with Crippen molar-refractivity contribution < 1.29 is 13.2 Å². The normalized spacial score (nSPS) is 10.6. The average molecular weight is 276 g/mol. The standard InChI is InChI=1S/C9H5ClF3N5/c10-8-16-6(9(11,12)13)5-7(17-8)18(3-1-14)4-2-15/h5H,3-4H2. The van der Waals surface area contributed by atoms with Crippen LogP contribution in [0.4, 0.5) is 19.0 Å². The predicted octanol–water partition coefficient (Wildman–Crippen LogP) is 2.00. The van der Waals surface area contributed by atoms with Gasteiger partial charge in [-0.25, -0.2) is 9.97 Å². The third-order valence-corrected chi connectivity index (χ3v) is 1.99. The summed E-state index contributed by atoms with van der Waals surface area (Å²) in [4.78, 5) is 7.67. The van der Waals surface area contributed by atoms with E-state index in [1.807, 2.05) is 0 Å². The smallest absolute Gasteiger partial charge is 0.330 e. The van der Waals surface area contributed by atoms with Crippen molar-refractivity contribution >= 4 is 17.4 Å². The number of hydrogen-bond donors (Lipinski definition) is 0. The molecule has 0 aliphatic carbocycles. The molecule has 18 heavy (non-hydrogen) atoms. The summed E-state index contributed by atoms with van der Waals surface area (Å²) in [7, 11) is 0. The summed E-state index contributed by atoms with van der Waals surface area (Å²) in [5, 5.41) is 16.5. The number of anilines is 1. The molecular weight excluding hydrogens is 271 g/mol. The monoisotopic (exact) mass is 275 g/mol. The maximum atomic E-state index is 12.5. The van der Waals surface area contributed by atoms with Crippen LogP contribution in [0.1, 0.15) is 5.69 Å². The van der Waals surface area contributed by atoms with E-state index in [9.17, 15) is 13.2 Å². The van der Waals surface area contributed by atoms with Gasteiger partial charge in [0.15, 0.2) is 5.69 Å². The Morgan fingerprint density at radius 3 is 2.22 bits per heavy atom. The molecule has 1 aromatic rings. The topological polar surface area (TPSA) is 76.6 Å². The van der Waals surface area contributed by atoms with E-state index < -0.39 is 17.2 Å². The molecule has 0 aromatic carbocycles. The van der Waals surface area contributed by atoms with Gasteiger partial charge in [-0.05, 0) is 11.6 Å². The largest absolute Gasteiger partial charge is 0.433 e. The summed E-state index contributed by atoms with van der Waals surface area (Å²) in [6.45, 7) is -0.559. The zero-order valence-electron chi connectivity index (χ0n) is 8.74. The second-order valence-electron chi connectivity index (χ2n) is 3.05. The molecule has 5 nitrogen and oxygen atoms in total. The van der Waals surface area contributed by atoms with Crippen molar-refractivity contribution in [2.45, 2.75) is 6.18 Å². The molecule has 0 bridgehead atoms. The lowest BCUT2D eigenvalue weighted by molar-refractivity contribution is -0.141. The van der Waals surface area contributed by atoms with Gasteiger partial charge in [0.1, 0.15) is 18.9 Å². The van der Waals surface area contributed by atoms with Crippen molar-refractivity contribution in [3.8, 4) is 12.1 Å². The molecule has 1 heterocycles. The van der Waals surface area contributed by atoms with Gasteiger partial charge >= 0.3 is 6.18 Å². The van der Waals surface area contributed by atoms with E-state index >= 15 is 0 Å². The van der Waals surface area contributed by atoms with E-state index in [1.54, 1.807) is 12.1 Å². The van der Waals surface area contributed by atoms with Gasteiger partial charge < -0.3 is 4.90 Å². The average Bonchev–Trinajstić information content (AvgIpc) is 2.27. The Hall–Kier alpha value is -2.06. The van der Waals surface area contributed by atoms with Crippen molar-refractivity contribution in [2.24, 2.45) is 0 Å². The lowest BCUT2D eigenvalue weighted by Gasteiger charge is -2.17. The number of hydrogen-bond acceptors (Lipinski definition) is 5. The van der Waals surface area contributed by atoms with Gasteiger partial charge in [-0.1, -0.05) is 0 Å². The van der Waals surface area contributed by atoms with Crippen LogP contribution in [0, 0.1) is 22.7 Å². The highest BCUT2D eigenvalue weighted by atomic mass is 35.5. The molecule has 1 aromatic heterocycles. The van der Waals surface area contributed by atoms with E-state index in [4.69, 9.17) is 22.1 Å². The lowest BCUT2D eigenvalue weighted by Crippen LogP contribution is -2.25. The van der Waals surface area contributed by atoms with E-state index in [-0.39, 0.29) is 18.9 Å². The fraction of sp³-hybridized carbons (Fsp3) is 0.333. The molecule has 0 atom stereocenters. The third kappa shape index (κ3) is 3.47. The first kappa shape index (κ1) is 14.0. The number of nitrogens with zero attached hydrogens (tertiary/aromatic N) is 5. The van der Waals surface area contributed by atoms with Crippen LogP contribution in [-0.2, 0) is 6.18 Å². The van der Waals surface area contributed by atoms with E-state index in [1.165, 1.54) is 0 Å². The molecule has 94 valence electrons. The molecule has 0 aliphatic rings. The van der Waals surface area contributed by atoms with Gasteiger partial charge in [0.2, 0.25) is 5.28 Å². The molecule has 0 aliphatic heterocycles. The Labute approximate surface area is 105 Å². The first-order valence-electron chi connectivity index (χ1n) is 4.49. The van der Waals surface area contributed by atoms with Gasteiger partial charge in [-0.3, -0.25) is 0 Å². The molecule has 9 heteroatoms. The zero-order valence-corrected chi connectivity index (χ0v) is 9.50. The van der Waals surface area contributed by atoms with Crippen LogP contribution < -0.4 is 4.90 Å². The molecule has 1 rings (SSSR count). The number of alkyl halides is 3. The fourth-order valence-electron chi connectivity index (χ4n) is 1.10. The highest BCUT2D eigenvalue weighted by Gasteiger charge is 2.34. The van der Waals surface area contributed by atoms with E-state index in [2.05, 4.69) is 9.97 Å². The van der Waals surface area contributed by atoms with Crippen LogP contribution in [0.2, 0.25) is 5.28 Å². The van der Waals surface area contributed by atoms with Crippen LogP contribution in [-0.4, -0.2) is 23.1 Å². The molecule has 0 saturated carbocycles. The Kier molecular flexibility index (Phi) is 4.29. The first-order valence-corrected chi connectivity index (χ1v) is 4.87. The van der Waals surface area contributed by atoms with Gasteiger partial charge in [0.25, 0.3) is 0 Å². The zero-order chi connectivity index (χ0) is 13.8. The number of rotatable bonds is 3. The minimum Gasteiger partial charge on any atom is -0.330 e. The molecule has 0 radical (unpaired) electrons. The minimum absolute atomic E-state index is 0.217. The third-order valence-electron chi connectivity index (χ3n) is 1.82. The van der Waals surface area contributed by atoms with Crippen LogP contribution in [0.15, 0.2) is 6.07 Å². The first-order chi connectivity index (χ1) is 8.38. The highest BCUT2D eigenvalue weighted by Crippen LogP contribution is 2.30. The Balaban J connectivity index is 3.20. The molecule has 0 unspecified atom stereocenters. The van der Waals surface area contributed by atoms with Crippen molar-refractivity contribution in [1.29, 1.82) is 10.5 Å². The van der Waals surface area contributed by atoms with E-state index in [0.29, 0.717) is 6.07 Å². The van der Waals surface area contributed by atoms with Gasteiger partial charge in [-0.2, -0.15) is 23.7 Å². The van der Waals surface area contributed by atoms with E-state index in [0.717, 1.165) is 4.90 Å². The van der Waals surface area contributed by atoms with Crippen LogP contribution in [0.25, 0.3) is 0 Å². The SMILES string of the molecule is N#CCN(CC#N)c1cc(C(F)(F)F)nc(Cl)n1. The molecule has 0 N–H and O–H groups in total. The Morgan fingerprint density at radius 1 is 1.22 bits per heavy atom. The molecule has 0 amide bonds. The summed E-state index contributed by atoms with van der Waals surface area (Å²) < 4.78 is 37.5. The van der Waals surface area contributed by atoms with Gasteiger partial charge in [-0.15, -0.1) is 0 Å². The summed E-state index contributed by atoms with van der Waals surface area (Å²) in [6.07, 6.45) is -4.67. The second kappa shape index (κ2) is 5.52. The van der Waals surface area contributed by atoms with Gasteiger partial charge in [0, 0.05) is 6.07 Å². The van der Waals surface area contributed by atoms with Crippen LogP contribution in [0.5, 0.6) is 0 Å². The van der Waals surface area contributed by atoms with Gasteiger partial charge in [0.05, 0.1) is 12.1 Å². The maximum Gasteiger partial charge on any atom is 0.433 e. The van der Waals surface area contributed by atoms with Crippen molar-refractivity contribution in [1.82, 2.24) is 9.97 Å². The summed E-state index contributed by atoms with van der Waals surface area (Å²) in [5.41, 5.74) is -1.22. The highest BCUT2D eigenvalue weighted by molar-refractivity contribution is 6.28.